The second-order valence-corrected chi connectivity index (χ2v) is 4.30. The highest BCUT2D eigenvalue weighted by atomic mass is 32.2. The van der Waals surface area contributed by atoms with Crippen molar-refractivity contribution in [2.24, 2.45) is 0 Å². The van der Waals surface area contributed by atoms with Gasteiger partial charge in [0.15, 0.2) is 0 Å². The van der Waals surface area contributed by atoms with Crippen LogP contribution in [0.1, 0.15) is 6.92 Å². The number of rotatable bonds is 2. The molecule has 1 rings (SSSR count). The molecule has 1 amide bonds. The van der Waals surface area contributed by atoms with Crippen molar-refractivity contribution < 1.29 is 17.8 Å². The predicted molar refractivity (Wildman–Crippen MR) is 58.4 cm³/mol. The van der Waals surface area contributed by atoms with Gasteiger partial charge in [0.25, 0.3) is 10.1 Å². The summed E-state index contributed by atoms with van der Waals surface area (Å²) in [4.78, 5) is 10.3. The molecule has 1 aromatic rings. The van der Waals surface area contributed by atoms with Crippen molar-refractivity contribution in [1.82, 2.24) is 0 Å². The molecule has 0 spiro atoms. The van der Waals surface area contributed by atoms with Crippen molar-refractivity contribution in [2.45, 2.75) is 11.8 Å². The predicted octanol–water partition coefficient (Wildman–Crippen LogP) is 0.504. The SMILES string of the molecule is CC(=O)Nc1ccc(S(=O)(=O)O)c(N)c1.N#N. The summed E-state index contributed by atoms with van der Waals surface area (Å²) < 4.78 is 30.3. The van der Waals surface area contributed by atoms with Gasteiger partial charge in [0.05, 0.1) is 5.69 Å². The maximum Gasteiger partial charge on any atom is 0.296 e. The molecule has 0 bridgehead atoms. The lowest BCUT2D eigenvalue weighted by Gasteiger charge is -2.06. The van der Waals surface area contributed by atoms with Crippen LogP contribution in [-0.2, 0) is 14.9 Å². The summed E-state index contributed by atoms with van der Waals surface area (Å²) in [6.45, 7) is 1.31. The first-order valence-electron chi connectivity index (χ1n) is 4.15. The first-order valence-corrected chi connectivity index (χ1v) is 5.59. The van der Waals surface area contributed by atoms with Gasteiger partial charge in [-0.15, -0.1) is 0 Å². The Labute approximate surface area is 97.6 Å². The van der Waals surface area contributed by atoms with Crippen LogP contribution in [0.2, 0.25) is 0 Å². The van der Waals surface area contributed by atoms with Crippen molar-refractivity contribution in [3.05, 3.63) is 18.2 Å². The number of nitrogens with two attached hydrogens (primary N) is 1. The van der Waals surface area contributed by atoms with Crippen molar-refractivity contribution in [1.29, 1.82) is 10.8 Å². The maximum absolute atomic E-state index is 10.8. The van der Waals surface area contributed by atoms with Crippen molar-refractivity contribution in [3.8, 4) is 0 Å². The third-order valence-corrected chi connectivity index (χ3v) is 2.54. The summed E-state index contributed by atoms with van der Waals surface area (Å²) in [5.41, 5.74) is 5.64. The molecule has 1 aromatic carbocycles. The number of benzene rings is 1. The Hall–Kier alpha value is -2.18. The minimum Gasteiger partial charge on any atom is -0.398 e. The van der Waals surface area contributed by atoms with Crippen molar-refractivity contribution in [3.63, 3.8) is 0 Å². The number of nitrogens with zero attached hydrogens (tertiary/aromatic N) is 2. The first kappa shape index (κ1) is 14.8. The molecule has 0 radical (unpaired) electrons. The highest BCUT2D eigenvalue weighted by molar-refractivity contribution is 7.86. The van der Waals surface area contributed by atoms with E-state index >= 15 is 0 Å². The van der Waals surface area contributed by atoms with E-state index in [2.05, 4.69) is 5.32 Å². The molecule has 17 heavy (non-hydrogen) atoms. The van der Waals surface area contributed by atoms with Crippen LogP contribution < -0.4 is 11.1 Å². The van der Waals surface area contributed by atoms with E-state index < -0.39 is 10.1 Å². The van der Waals surface area contributed by atoms with Crippen LogP contribution in [0.5, 0.6) is 0 Å². The average molecular weight is 258 g/mol. The Balaban J connectivity index is 0.00000121. The van der Waals surface area contributed by atoms with Crippen LogP contribution in [-0.4, -0.2) is 18.9 Å². The molecular formula is C8H10N4O4S. The van der Waals surface area contributed by atoms with Gasteiger partial charge in [-0.1, -0.05) is 0 Å². The summed E-state index contributed by atoms with van der Waals surface area (Å²) in [5, 5.41) is 14.4. The third-order valence-electron chi connectivity index (χ3n) is 1.61. The molecule has 9 heteroatoms. The third kappa shape index (κ3) is 4.45. The van der Waals surface area contributed by atoms with Gasteiger partial charge in [0, 0.05) is 23.4 Å². The topological polar surface area (TPSA) is 157 Å². The Morgan fingerprint density at radius 3 is 2.29 bits per heavy atom. The summed E-state index contributed by atoms with van der Waals surface area (Å²) in [5.74, 6) is -0.297. The van der Waals surface area contributed by atoms with Crippen LogP contribution in [0.4, 0.5) is 11.4 Å². The van der Waals surface area contributed by atoms with Gasteiger partial charge in [0.2, 0.25) is 5.91 Å². The lowest BCUT2D eigenvalue weighted by atomic mass is 10.3. The van der Waals surface area contributed by atoms with E-state index in [4.69, 9.17) is 21.1 Å². The number of nitrogen functional groups attached to an aromatic ring is 1. The molecule has 0 unspecified atom stereocenters. The fraction of sp³-hybridized carbons (Fsp3) is 0.125. The number of nitrogens with one attached hydrogen (secondary N) is 1. The Morgan fingerprint density at radius 1 is 1.41 bits per heavy atom. The van der Waals surface area contributed by atoms with Crippen LogP contribution in [0, 0.1) is 10.8 Å². The molecule has 0 aliphatic rings. The van der Waals surface area contributed by atoms with E-state index in [9.17, 15) is 13.2 Å². The molecule has 0 aliphatic carbocycles. The van der Waals surface area contributed by atoms with Gasteiger partial charge in [-0.25, -0.2) is 0 Å². The number of hydrogen-bond donors (Lipinski definition) is 3. The smallest absolute Gasteiger partial charge is 0.296 e. The molecule has 0 aromatic heterocycles. The van der Waals surface area contributed by atoms with Crippen molar-refractivity contribution in [2.75, 3.05) is 11.1 Å². The van der Waals surface area contributed by atoms with E-state index in [-0.39, 0.29) is 16.5 Å². The lowest BCUT2D eigenvalue weighted by molar-refractivity contribution is -0.114. The average Bonchev–Trinajstić information content (AvgIpc) is 2.17. The zero-order chi connectivity index (χ0) is 13.6. The minimum absolute atomic E-state index is 0.122. The highest BCUT2D eigenvalue weighted by Crippen LogP contribution is 2.21. The van der Waals surface area contributed by atoms with Crippen LogP contribution in [0.25, 0.3) is 0 Å². The minimum atomic E-state index is -4.32. The molecule has 8 nitrogen and oxygen atoms in total. The van der Waals surface area contributed by atoms with Gasteiger partial charge in [0.1, 0.15) is 4.90 Å². The maximum atomic E-state index is 10.8. The van der Waals surface area contributed by atoms with Crippen LogP contribution >= 0.6 is 0 Å². The molecule has 0 fully saturated rings. The van der Waals surface area contributed by atoms with Crippen LogP contribution in [0.15, 0.2) is 23.1 Å². The molecule has 4 N–H and O–H groups in total. The lowest BCUT2D eigenvalue weighted by Crippen LogP contribution is -2.08. The summed E-state index contributed by atoms with van der Waals surface area (Å²) in [6.07, 6.45) is 0. The van der Waals surface area contributed by atoms with E-state index in [1.165, 1.54) is 19.1 Å². The number of amides is 1. The Bertz CT molecular complexity index is 538. The standard InChI is InChI=1S/C8H10N2O4S.N2/c1-5(11)10-6-2-3-8(7(9)4-6)15(12,13)14;1-2/h2-4H,9H2,1H3,(H,10,11)(H,12,13,14);. The molecule has 0 aliphatic heterocycles. The van der Waals surface area contributed by atoms with E-state index in [1.54, 1.807) is 0 Å². The fourth-order valence-electron chi connectivity index (χ4n) is 1.06. The fourth-order valence-corrected chi connectivity index (χ4v) is 1.66. The van der Waals surface area contributed by atoms with Gasteiger partial charge in [-0.2, -0.15) is 8.42 Å². The second-order valence-electron chi connectivity index (χ2n) is 2.91. The summed E-state index contributed by atoms with van der Waals surface area (Å²) in [7, 11) is -4.32. The highest BCUT2D eigenvalue weighted by Gasteiger charge is 2.13. The molecular weight excluding hydrogens is 248 g/mol. The Kier molecular flexibility index (Phi) is 5.04. The first-order chi connectivity index (χ1) is 7.80. The zero-order valence-corrected chi connectivity index (χ0v) is 9.60. The van der Waals surface area contributed by atoms with Crippen molar-refractivity contribution >= 4 is 27.4 Å². The van der Waals surface area contributed by atoms with E-state index in [0.717, 1.165) is 6.07 Å². The van der Waals surface area contributed by atoms with Gasteiger partial charge in [-0.05, 0) is 18.2 Å². The number of hydrogen-bond acceptors (Lipinski definition) is 6. The monoisotopic (exact) mass is 258 g/mol. The number of carbonyl (C=O) groups excluding carboxylic acids is 1. The summed E-state index contributed by atoms with van der Waals surface area (Å²) >= 11 is 0. The normalized spacial score (nSPS) is 9.88. The van der Waals surface area contributed by atoms with E-state index in [1.807, 2.05) is 0 Å². The second kappa shape index (κ2) is 5.78. The van der Waals surface area contributed by atoms with Gasteiger partial charge in [-0.3, -0.25) is 9.35 Å². The molecule has 92 valence electrons. The molecule has 0 saturated heterocycles. The number of anilines is 2. The zero-order valence-electron chi connectivity index (χ0n) is 8.78. The van der Waals surface area contributed by atoms with Gasteiger partial charge < -0.3 is 11.1 Å². The molecule has 0 heterocycles. The molecule has 0 saturated carbocycles. The summed E-state index contributed by atoms with van der Waals surface area (Å²) in [6, 6.07) is 3.71. The largest absolute Gasteiger partial charge is 0.398 e. The van der Waals surface area contributed by atoms with E-state index in [0.29, 0.717) is 5.69 Å². The Morgan fingerprint density at radius 2 is 1.94 bits per heavy atom. The van der Waals surface area contributed by atoms with Gasteiger partial charge >= 0.3 is 0 Å². The quantitative estimate of drug-likeness (QED) is 0.396. The van der Waals surface area contributed by atoms with Crippen LogP contribution in [0.3, 0.4) is 0 Å². The number of carbonyl (C=O) groups is 1. The molecule has 0 atom stereocenters.